The van der Waals surface area contributed by atoms with Crippen molar-refractivity contribution in [1.29, 1.82) is 0 Å². The van der Waals surface area contributed by atoms with Crippen LogP contribution in [0.5, 0.6) is 0 Å². The number of esters is 1. The average Bonchev–Trinajstić information content (AvgIpc) is 2.56. The van der Waals surface area contributed by atoms with Gasteiger partial charge in [-0.05, 0) is 35.7 Å². The molecule has 0 aliphatic rings. The zero-order chi connectivity index (χ0) is 15.8. The lowest BCUT2D eigenvalue weighted by atomic mass is 10.0. The molecule has 2 aromatic carbocycles. The van der Waals surface area contributed by atoms with Crippen LogP contribution in [0.1, 0.15) is 22.8 Å². The largest absolute Gasteiger partial charge is 0.462 e. The summed E-state index contributed by atoms with van der Waals surface area (Å²) in [5.74, 6) is 1.36. The molecular weight excluding hydrogens is 296 g/mol. The molecule has 0 amide bonds. The molecule has 2 rings (SSSR count). The molecule has 1 N–H and O–H groups in total. The maximum Gasteiger partial charge on any atom is 0.338 e. The van der Waals surface area contributed by atoms with Gasteiger partial charge in [0.1, 0.15) is 0 Å². The van der Waals surface area contributed by atoms with Crippen molar-refractivity contribution >= 4 is 17.7 Å². The van der Waals surface area contributed by atoms with Crippen LogP contribution in [0.3, 0.4) is 0 Å². The Kier molecular flexibility index (Phi) is 6.49. The van der Waals surface area contributed by atoms with Crippen LogP contribution in [0.15, 0.2) is 48.5 Å². The average molecular weight is 316 g/mol. The lowest BCUT2D eigenvalue weighted by molar-refractivity contribution is 0.0526. The summed E-state index contributed by atoms with van der Waals surface area (Å²) in [7, 11) is 0. The van der Waals surface area contributed by atoms with Crippen LogP contribution in [0.4, 0.5) is 0 Å². The van der Waals surface area contributed by atoms with E-state index in [-0.39, 0.29) is 12.6 Å². The lowest BCUT2D eigenvalue weighted by Crippen LogP contribution is -2.04. The normalized spacial score (nSPS) is 10.5. The summed E-state index contributed by atoms with van der Waals surface area (Å²) >= 11 is 1.71. The third kappa shape index (κ3) is 4.61. The first-order valence-corrected chi connectivity index (χ1v) is 8.45. The van der Waals surface area contributed by atoms with Gasteiger partial charge in [0.2, 0.25) is 0 Å². The van der Waals surface area contributed by atoms with E-state index in [2.05, 4.69) is 24.3 Å². The van der Waals surface area contributed by atoms with Crippen LogP contribution >= 0.6 is 11.8 Å². The van der Waals surface area contributed by atoms with Crippen molar-refractivity contribution in [2.24, 2.45) is 0 Å². The number of aliphatic hydroxyl groups excluding tert-OH is 1. The van der Waals surface area contributed by atoms with Gasteiger partial charge in [-0.1, -0.05) is 36.4 Å². The van der Waals surface area contributed by atoms with E-state index in [0.717, 1.165) is 22.6 Å². The zero-order valence-electron chi connectivity index (χ0n) is 12.6. The van der Waals surface area contributed by atoms with Crippen LogP contribution in [0.2, 0.25) is 0 Å². The molecule has 0 saturated carbocycles. The second-order valence-electron chi connectivity index (χ2n) is 4.77. The van der Waals surface area contributed by atoms with Gasteiger partial charge in [0.05, 0.1) is 18.8 Å². The summed E-state index contributed by atoms with van der Waals surface area (Å²) in [6.07, 6.45) is 0. The fourth-order valence-electron chi connectivity index (χ4n) is 2.09. The Morgan fingerprint density at radius 1 is 1.14 bits per heavy atom. The van der Waals surface area contributed by atoms with Crippen molar-refractivity contribution in [3.05, 3.63) is 59.7 Å². The van der Waals surface area contributed by atoms with Gasteiger partial charge in [0.25, 0.3) is 0 Å². The predicted octanol–water partition coefficient (Wildman–Crippen LogP) is 3.76. The third-order valence-electron chi connectivity index (χ3n) is 3.17. The number of aliphatic hydroxyl groups is 1. The Bertz CT molecular complexity index is 608. The molecule has 0 bridgehead atoms. The molecule has 0 atom stereocenters. The second-order valence-corrected chi connectivity index (χ2v) is 5.88. The maximum atomic E-state index is 11.8. The third-order valence-corrected chi connectivity index (χ3v) is 4.17. The van der Waals surface area contributed by atoms with Gasteiger partial charge in [0, 0.05) is 11.5 Å². The molecule has 0 aromatic heterocycles. The highest BCUT2D eigenvalue weighted by Gasteiger charge is 2.07. The first kappa shape index (κ1) is 16.6. The van der Waals surface area contributed by atoms with Crippen LogP contribution in [0.25, 0.3) is 11.1 Å². The Balaban J connectivity index is 2.11. The first-order chi connectivity index (χ1) is 10.7. The molecule has 116 valence electrons. The number of hydrogen-bond donors (Lipinski definition) is 1. The van der Waals surface area contributed by atoms with E-state index in [1.165, 1.54) is 5.56 Å². The van der Waals surface area contributed by atoms with E-state index < -0.39 is 0 Å². The second kappa shape index (κ2) is 8.61. The van der Waals surface area contributed by atoms with E-state index in [9.17, 15) is 4.79 Å². The number of hydrogen-bond acceptors (Lipinski definition) is 4. The van der Waals surface area contributed by atoms with Gasteiger partial charge in [-0.2, -0.15) is 11.8 Å². The number of thioether (sulfide) groups is 1. The molecule has 0 aliphatic heterocycles. The number of carbonyl (C=O) groups excluding carboxylic acids is 1. The first-order valence-electron chi connectivity index (χ1n) is 7.29. The summed E-state index contributed by atoms with van der Waals surface area (Å²) in [4.78, 5) is 11.8. The lowest BCUT2D eigenvalue weighted by Gasteiger charge is -2.07. The van der Waals surface area contributed by atoms with Crippen molar-refractivity contribution in [2.45, 2.75) is 12.7 Å². The summed E-state index contributed by atoms with van der Waals surface area (Å²) in [6.45, 7) is 2.39. The molecule has 0 aliphatic carbocycles. The quantitative estimate of drug-likeness (QED) is 0.624. The molecular formula is C18H20O3S. The van der Waals surface area contributed by atoms with E-state index in [1.54, 1.807) is 24.8 Å². The van der Waals surface area contributed by atoms with Crippen LogP contribution < -0.4 is 0 Å². The summed E-state index contributed by atoms with van der Waals surface area (Å²) < 4.78 is 5.03. The Morgan fingerprint density at radius 3 is 2.59 bits per heavy atom. The monoisotopic (exact) mass is 316 g/mol. The molecule has 0 heterocycles. The molecule has 22 heavy (non-hydrogen) atoms. The molecule has 3 nitrogen and oxygen atoms in total. The van der Waals surface area contributed by atoms with Crippen molar-refractivity contribution in [2.75, 3.05) is 19.0 Å². The number of rotatable bonds is 7. The molecule has 0 radical (unpaired) electrons. The van der Waals surface area contributed by atoms with Crippen molar-refractivity contribution in [1.82, 2.24) is 0 Å². The van der Waals surface area contributed by atoms with Crippen molar-refractivity contribution in [3.63, 3.8) is 0 Å². The molecule has 0 fully saturated rings. The predicted molar refractivity (Wildman–Crippen MR) is 91.1 cm³/mol. The minimum Gasteiger partial charge on any atom is -0.462 e. The molecule has 0 saturated heterocycles. The van der Waals surface area contributed by atoms with Gasteiger partial charge in [0.15, 0.2) is 0 Å². The Hall–Kier alpha value is -1.78. The van der Waals surface area contributed by atoms with Gasteiger partial charge in [-0.3, -0.25) is 0 Å². The van der Waals surface area contributed by atoms with E-state index >= 15 is 0 Å². The fraction of sp³-hybridized carbons (Fsp3) is 0.278. The fourth-order valence-corrected chi connectivity index (χ4v) is 2.79. The minimum atomic E-state index is -0.290. The number of carbonyl (C=O) groups is 1. The smallest absolute Gasteiger partial charge is 0.338 e. The summed E-state index contributed by atoms with van der Waals surface area (Å²) in [6, 6.07) is 15.7. The highest BCUT2D eigenvalue weighted by atomic mass is 32.2. The maximum absolute atomic E-state index is 11.8. The minimum absolute atomic E-state index is 0.212. The van der Waals surface area contributed by atoms with Gasteiger partial charge in [-0.15, -0.1) is 0 Å². The topological polar surface area (TPSA) is 46.5 Å². The highest BCUT2D eigenvalue weighted by molar-refractivity contribution is 7.98. The number of ether oxygens (including phenoxy) is 1. The van der Waals surface area contributed by atoms with Gasteiger partial charge in [-0.25, -0.2) is 4.79 Å². The number of benzene rings is 2. The van der Waals surface area contributed by atoms with Crippen LogP contribution in [-0.4, -0.2) is 30.0 Å². The SMILES string of the molecule is CCOC(=O)c1cccc(-c2ccc(CSCCO)cc2)c1. The van der Waals surface area contributed by atoms with E-state index in [4.69, 9.17) is 9.84 Å². The van der Waals surface area contributed by atoms with Crippen molar-refractivity contribution < 1.29 is 14.6 Å². The molecule has 0 spiro atoms. The van der Waals surface area contributed by atoms with E-state index in [0.29, 0.717) is 12.2 Å². The summed E-state index contributed by atoms with van der Waals surface area (Å²) in [5, 5.41) is 8.79. The zero-order valence-corrected chi connectivity index (χ0v) is 13.4. The Morgan fingerprint density at radius 2 is 1.91 bits per heavy atom. The van der Waals surface area contributed by atoms with Gasteiger partial charge >= 0.3 is 5.97 Å². The molecule has 4 heteroatoms. The van der Waals surface area contributed by atoms with Crippen LogP contribution in [-0.2, 0) is 10.5 Å². The van der Waals surface area contributed by atoms with Gasteiger partial charge < -0.3 is 9.84 Å². The van der Waals surface area contributed by atoms with Crippen molar-refractivity contribution in [3.8, 4) is 11.1 Å². The highest BCUT2D eigenvalue weighted by Crippen LogP contribution is 2.22. The van der Waals surface area contributed by atoms with E-state index in [1.807, 2.05) is 18.2 Å². The standard InChI is InChI=1S/C18H20O3S/c1-2-21-18(20)17-5-3-4-16(12-17)15-8-6-14(7-9-15)13-22-11-10-19/h3-9,12,19H,2,10-11,13H2,1H3. The molecule has 2 aromatic rings. The molecule has 0 unspecified atom stereocenters. The summed E-state index contributed by atoms with van der Waals surface area (Å²) in [5.41, 5.74) is 3.87. The van der Waals surface area contributed by atoms with Crippen LogP contribution in [0, 0.1) is 0 Å². The Labute approximate surface area is 135 Å².